The molecule has 0 saturated carbocycles. The molecule has 0 bridgehead atoms. The van der Waals surface area contributed by atoms with E-state index in [1.54, 1.807) is 16.8 Å². The largest absolute Gasteiger partial charge is 0.379 e. The number of allylic oxidation sites excluding steroid dienone is 1. The average Bonchev–Trinajstić information content (AvgIpc) is 3.22. The molecule has 9 heteroatoms. The molecule has 0 radical (unpaired) electrons. The van der Waals surface area contributed by atoms with E-state index in [0.29, 0.717) is 52.8 Å². The second-order valence-corrected chi connectivity index (χ2v) is 9.58. The number of hydrogen-bond acceptors (Lipinski definition) is 4. The molecule has 5 rings (SSSR count). The van der Waals surface area contributed by atoms with Gasteiger partial charge in [-0.25, -0.2) is 9.69 Å². The van der Waals surface area contributed by atoms with Crippen LogP contribution in [0.5, 0.6) is 0 Å². The Hall–Kier alpha value is -2.35. The molecular weight excluding hydrogens is 495 g/mol. The zero-order valence-corrected chi connectivity index (χ0v) is 20.6. The molecular formula is C25H23Cl3N4O2. The fourth-order valence-electron chi connectivity index (χ4n) is 4.37. The molecule has 1 N–H and O–H groups in total. The number of carbonyl (C=O) groups excluding carboxylic acids is 1. The van der Waals surface area contributed by atoms with E-state index in [9.17, 15) is 4.79 Å². The number of carbonyl (C=O) groups is 1. The molecule has 2 aliphatic rings. The van der Waals surface area contributed by atoms with Crippen molar-refractivity contribution in [1.29, 1.82) is 0 Å². The minimum absolute atomic E-state index is 0.227. The standard InChI is InChI=1S/C25H23Cl3N4O2/c26-18-6-4-16(5-7-18)14-17-2-1-3-20-23(25(33)30-31-10-12-34-13-11-31)29-32(24(17)20)22-9-8-19(27)15-21(22)28/h4-9,14-15H,1-3,10-13H2,(H,30,33). The number of morpholine rings is 1. The van der Waals surface area contributed by atoms with E-state index >= 15 is 0 Å². The van der Waals surface area contributed by atoms with E-state index in [-0.39, 0.29) is 5.91 Å². The molecule has 3 aromatic rings. The minimum atomic E-state index is -0.227. The number of aromatic nitrogens is 2. The van der Waals surface area contributed by atoms with Crippen molar-refractivity contribution in [3.05, 3.63) is 80.0 Å². The van der Waals surface area contributed by atoms with E-state index in [1.807, 2.05) is 35.3 Å². The number of hydrazine groups is 1. The smallest absolute Gasteiger partial charge is 0.286 e. The Morgan fingerprint density at radius 2 is 1.74 bits per heavy atom. The third-order valence-electron chi connectivity index (χ3n) is 6.00. The predicted octanol–water partition coefficient (Wildman–Crippen LogP) is 5.69. The maximum absolute atomic E-state index is 13.3. The topological polar surface area (TPSA) is 59.4 Å². The maximum atomic E-state index is 13.3. The van der Waals surface area contributed by atoms with Crippen LogP contribution in [0, 0.1) is 0 Å². The number of hydrogen-bond donors (Lipinski definition) is 1. The molecule has 1 fully saturated rings. The molecule has 1 aliphatic heterocycles. The molecule has 2 aromatic carbocycles. The van der Waals surface area contributed by atoms with Crippen molar-refractivity contribution in [3.63, 3.8) is 0 Å². The zero-order valence-electron chi connectivity index (χ0n) is 18.4. The van der Waals surface area contributed by atoms with Crippen LogP contribution in [-0.2, 0) is 11.2 Å². The molecule has 2 heterocycles. The SMILES string of the molecule is O=C(NN1CCOCC1)c1nn(-c2ccc(Cl)cc2Cl)c2c1CCCC2=Cc1ccc(Cl)cc1. The van der Waals surface area contributed by atoms with Gasteiger partial charge in [-0.05, 0) is 66.8 Å². The van der Waals surface area contributed by atoms with Gasteiger partial charge in [0, 0.05) is 28.7 Å². The lowest BCUT2D eigenvalue weighted by Crippen LogP contribution is -2.48. The highest BCUT2D eigenvalue weighted by Crippen LogP contribution is 2.37. The van der Waals surface area contributed by atoms with Crippen molar-refractivity contribution in [2.75, 3.05) is 26.3 Å². The van der Waals surface area contributed by atoms with Crippen LogP contribution in [0.3, 0.4) is 0 Å². The van der Waals surface area contributed by atoms with E-state index in [0.717, 1.165) is 41.7 Å². The van der Waals surface area contributed by atoms with Gasteiger partial charge in [-0.1, -0.05) is 46.9 Å². The normalized spacial score (nSPS) is 17.6. The number of rotatable bonds is 4. The number of nitrogens with one attached hydrogen (secondary N) is 1. The fourth-order valence-corrected chi connectivity index (χ4v) is 4.99. The summed E-state index contributed by atoms with van der Waals surface area (Å²) in [6.45, 7) is 2.45. The van der Waals surface area contributed by atoms with Crippen LogP contribution in [0.4, 0.5) is 0 Å². The fraction of sp³-hybridized carbons (Fsp3) is 0.280. The highest BCUT2D eigenvalue weighted by Gasteiger charge is 2.30. The van der Waals surface area contributed by atoms with Crippen LogP contribution in [-0.4, -0.2) is 47.0 Å². The summed E-state index contributed by atoms with van der Waals surface area (Å²) in [6.07, 6.45) is 4.66. The maximum Gasteiger partial charge on any atom is 0.286 e. The Labute approximate surface area is 213 Å². The lowest BCUT2D eigenvalue weighted by atomic mass is 9.89. The highest BCUT2D eigenvalue weighted by molar-refractivity contribution is 6.35. The number of fused-ring (bicyclic) bond motifs is 1. The quantitative estimate of drug-likeness (QED) is 0.483. The number of halogens is 3. The van der Waals surface area contributed by atoms with Gasteiger partial charge < -0.3 is 4.74 Å². The Balaban J connectivity index is 1.61. The van der Waals surface area contributed by atoms with E-state index in [4.69, 9.17) is 44.6 Å². The summed E-state index contributed by atoms with van der Waals surface area (Å²) in [5.41, 5.74) is 8.02. The van der Waals surface area contributed by atoms with Crippen molar-refractivity contribution in [3.8, 4) is 5.69 Å². The summed E-state index contributed by atoms with van der Waals surface area (Å²) in [7, 11) is 0. The molecule has 0 unspecified atom stereocenters. The average molecular weight is 518 g/mol. The Morgan fingerprint density at radius 3 is 2.47 bits per heavy atom. The van der Waals surface area contributed by atoms with E-state index < -0.39 is 0 Å². The van der Waals surface area contributed by atoms with Gasteiger partial charge in [-0.2, -0.15) is 5.10 Å². The van der Waals surface area contributed by atoms with Gasteiger partial charge in [0.2, 0.25) is 0 Å². The first-order chi connectivity index (χ1) is 16.5. The van der Waals surface area contributed by atoms with Gasteiger partial charge in [-0.3, -0.25) is 10.2 Å². The molecule has 1 saturated heterocycles. The van der Waals surface area contributed by atoms with Crippen molar-refractivity contribution in [1.82, 2.24) is 20.2 Å². The van der Waals surface area contributed by atoms with Crippen LogP contribution in [0.2, 0.25) is 15.1 Å². The summed E-state index contributed by atoms with van der Waals surface area (Å²) < 4.78 is 7.17. The molecule has 1 aliphatic carbocycles. The zero-order chi connectivity index (χ0) is 23.7. The van der Waals surface area contributed by atoms with Gasteiger partial charge in [0.15, 0.2) is 5.69 Å². The van der Waals surface area contributed by atoms with E-state index in [1.165, 1.54) is 0 Å². The number of ether oxygens (including phenoxy) is 1. The number of benzene rings is 2. The van der Waals surface area contributed by atoms with Crippen molar-refractivity contribution in [2.24, 2.45) is 0 Å². The molecule has 0 atom stereocenters. The van der Waals surface area contributed by atoms with Gasteiger partial charge >= 0.3 is 0 Å². The lowest BCUT2D eigenvalue weighted by Gasteiger charge is -2.26. The summed E-state index contributed by atoms with van der Waals surface area (Å²) in [6, 6.07) is 13.0. The predicted molar refractivity (Wildman–Crippen MR) is 136 cm³/mol. The first-order valence-electron chi connectivity index (χ1n) is 11.2. The minimum Gasteiger partial charge on any atom is -0.379 e. The molecule has 34 heavy (non-hydrogen) atoms. The van der Waals surface area contributed by atoms with Crippen LogP contribution in [0.1, 0.15) is 40.2 Å². The first-order valence-corrected chi connectivity index (χ1v) is 12.3. The van der Waals surface area contributed by atoms with Crippen LogP contribution in [0.25, 0.3) is 17.3 Å². The highest BCUT2D eigenvalue weighted by atomic mass is 35.5. The Kier molecular flexibility index (Phi) is 6.95. The first kappa shape index (κ1) is 23.4. The van der Waals surface area contributed by atoms with Crippen molar-refractivity contribution >= 4 is 52.4 Å². The van der Waals surface area contributed by atoms with Gasteiger partial charge in [-0.15, -0.1) is 0 Å². The monoisotopic (exact) mass is 516 g/mol. The lowest BCUT2D eigenvalue weighted by molar-refractivity contribution is 0.0124. The molecule has 176 valence electrons. The van der Waals surface area contributed by atoms with E-state index in [2.05, 4.69) is 11.5 Å². The van der Waals surface area contributed by atoms with Crippen molar-refractivity contribution < 1.29 is 9.53 Å². The molecule has 6 nitrogen and oxygen atoms in total. The van der Waals surface area contributed by atoms with Crippen molar-refractivity contribution in [2.45, 2.75) is 19.3 Å². The summed E-state index contributed by atoms with van der Waals surface area (Å²) >= 11 is 18.8. The number of amides is 1. The number of nitrogens with zero attached hydrogens (tertiary/aromatic N) is 3. The summed E-state index contributed by atoms with van der Waals surface area (Å²) in [4.78, 5) is 13.3. The molecule has 1 aromatic heterocycles. The van der Waals surface area contributed by atoms with Crippen LogP contribution < -0.4 is 5.43 Å². The van der Waals surface area contributed by atoms with Gasteiger partial charge in [0.1, 0.15) is 0 Å². The summed E-state index contributed by atoms with van der Waals surface area (Å²) in [5.74, 6) is -0.227. The van der Waals surface area contributed by atoms with Gasteiger partial charge in [0.05, 0.1) is 29.6 Å². The van der Waals surface area contributed by atoms with Crippen LogP contribution in [0.15, 0.2) is 42.5 Å². The molecule has 1 amide bonds. The Morgan fingerprint density at radius 1 is 1.00 bits per heavy atom. The van der Waals surface area contributed by atoms with Crippen LogP contribution >= 0.6 is 34.8 Å². The third-order valence-corrected chi connectivity index (χ3v) is 6.78. The third kappa shape index (κ3) is 4.88. The second kappa shape index (κ2) is 10.1. The second-order valence-electron chi connectivity index (χ2n) is 8.30. The van der Waals surface area contributed by atoms with Gasteiger partial charge in [0.25, 0.3) is 5.91 Å². The summed E-state index contributed by atoms with van der Waals surface area (Å²) in [5, 5.41) is 8.35. The molecule has 0 spiro atoms. The Bertz CT molecular complexity index is 1250.